The highest BCUT2D eigenvalue weighted by molar-refractivity contribution is 5.35. The Morgan fingerprint density at radius 1 is 1.00 bits per heavy atom. The number of nitrogens with zero attached hydrogens (tertiary/aromatic N) is 2. The molecule has 0 atom stereocenters. The summed E-state index contributed by atoms with van der Waals surface area (Å²) in [4.78, 5) is 8.14. The van der Waals surface area contributed by atoms with Crippen molar-refractivity contribution in [2.24, 2.45) is 0 Å². The van der Waals surface area contributed by atoms with Gasteiger partial charge in [0.2, 0.25) is 0 Å². The molecule has 0 aliphatic heterocycles. The van der Waals surface area contributed by atoms with E-state index in [1.54, 1.807) is 12.4 Å². The van der Waals surface area contributed by atoms with Crippen LogP contribution in [0.4, 0.5) is 0 Å². The Kier molecular flexibility index (Phi) is 2.63. The molecule has 0 radical (unpaired) electrons. The zero-order valence-corrected chi connectivity index (χ0v) is 8.77. The van der Waals surface area contributed by atoms with Crippen LogP contribution in [0.1, 0.15) is 11.4 Å². The summed E-state index contributed by atoms with van der Waals surface area (Å²) in [6.07, 6.45) is 3.35. The summed E-state index contributed by atoms with van der Waals surface area (Å²) in [7, 11) is 0. The third-order valence-corrected chi connectivity index (χ3v) is 2.08. The number of aryl methyl sites for hydroxylation is 2. The number of aromatic nitrogens is 2. The Morgan fingerprint density at radius 3 is 2.33 bits per heavy atom. The van der Waals surface area contributed by atoms with Crippen LogP contribution in [-0.4, -0.2) is 9.97 Å². The van der Waals surface area contributed by atoms with Crippen molar-refractivity contribution < 1.29 is 4.74 Å². The first-order valence-corrected chi connectivity index (χ1v) is 4.78. The topological polar surface area (TPSA) is 35.0 Å². The van der Waals surface area contributed by atoms with Crippen molar-refractivity contribution in [1.82, 2.24) is 9.97 Å². The molecule has 0 amide bonds. The van der Waals surface area contributed by atoms with Crippen LogP contribution >= 0.6 is 0 Å². The number of hydrogen-bond donors (Lipinski definition) is 0. The molecule has 1 heterocycles. The van der Waals surface area contributed by atoms with E-state index < -0.39 is 0 Å². The monoisotopic (exact) mass is 200 g/mol. The van der Waals surface area contributed by atoms with E-state index in [2.05, 4.69) is 9.97 Å². The minimum absolute atomic E-state index is 0.662. The lowest BCUT2D eigenvalue weighted by Gasteiger charge is -2.07. The van der Waals surface area contributed by atoms with Crippen LogP contribution in [0, 0.1) is 13.8 Å². The number of rotatable bonds is 2. The van der Waals surface area contributed by atoms with Crippen molar-refractivity contribution in [3.05, 3.63) is 48.0 Å². The Bertz CT molecular complexity index is 451. The zero-order chi connectivity index (χ0) is 10.7. The molecule has 2 aromatic rings. The Balaban J connectivity index is 2.22. The lowest BCUT2D eigenvalue weighted by molar-refractivity contribution is 0.473. The molecule has 0 aliphatic carbocycles. The highest BCUT2D eigenvalue weighted by atomic mass is 16.5. The van der Waals surface area contributed by atoms with Gasteiger partial charge in [0, 0.05) is 0 Å². The van der Waals surface area contributed by atoms with Crippen LogP contribution in [0.15, 0.2) is 36.7 Å². The first kappa shape index (κ1) is 9.65. The molecule has 0 saturated heterocycles. The van der Waals surface area contributed by atoms with Gasteiger partial charge in [-0.25, -0.2) is 9.97 Å². The van der Waals surface area contributed by atoms with Crippen molar-refractivity contribution >= 4 is 0 Å². The number of hydrogen-bond acceptors (Lipinski definition) is 3. The molecule has 0 N–H and O–H groups in total. The molecule has 0 spiro atoms. The van der Waals surface area contributed by atoms with E-state index in [0.717, 1.165) is 17.1 Å². The highest BCUT2D eigenvalue weighted by Gasteiger charge is 2.00. The second-order valence-corrected chi connectivity index (χ2v) is 3.33. The molecule has 2 rings (SSSR count). The number of para-hydroxylation sites is 1. The maximum atomic E-state index is 5.64. The average Bonchev–Trinajstić information content (AvgIpc) is 2.25. The number of ether oxygens (including phenoxy) is 1. The maximum absolute atomic E-state index is 5.64. The Morgan fingerprint density at radius 2 is 1.67 bits per heavy atom. The quantitative estimate of drug-likeness (QED) is 0.747. The molecule has 0 bridgehead atoms. The van der Waals surface area contributed by atoms with Gasteiger partial charge in [-0.2, -0.15) is 0 Å². The second kappa shape index (κ2) is 4.09. The molecule has 0 saturated carbocycles. The molecule has 3 heteroatoms. The fraction of sp³-hybridized carbons (Fsp3) is 0.167. The van der Waals surface area contributed by atoms with Gasteiger partial charge >= 0.3 is 0 Å². The standard InChI is InChI=1S/C12H12N2O/c1-9-5-3-4-6-12(9)15-11-7-13-10(2)14-8-11/h3-8H,1-2H3. The van der Waals surface area contributed by atoms with Gasteiger partial charge in [-0.05, 0) is 25.5 Å². The highest BCUT2D eigenvalue weighted by Crippen LogP contribution is 2.22. The lowest BCUT2D eigenvalue weighted by Crippen LogP contribution is -1.91. The third-order valence-electron chi connectivity index (χ3n) is 2.08. The third kappa shape index (κ3) is 2.31. The van der Waals surface area contributed by atoms with E-state index in [9.17, 15) is 0 Å². The molecule has 0 fully saturated rings. The van der Waals surface area contributed by atoms with Gasteiger partial charge in [0.05, 0.1) is 12.4 Å². The molecule has 15 heavy (non-hydrogen) atoms. The van der Waals surface area contributed by atoms with Gasteiger partial charge in [-0.15, -0.1) is 0 Å². The van der Waals surface area contributed by atoms with E-state index in [-0.39, 0.29) is 0 Å². The van der Waals surface area contributed by atoms with Gasteiger partial charge < -0.3 is 4.74 Å². The normalized spacial score (nSPS) is 10.0. The van der Waals surface area contributed by atoms with Gasteiger partial charge in [0.25, 0.3) is 0 Å². The summed E-state index contributed by atoms with van der Waals surface area (Å²) in [5.41, 5.74) is 1.10. The summed E-state index contributed by atoms with van der Waals surface area (Å²) in [5.74, 6) is 2.24. The Hall–Kier alpha value is -1.90. The van der Waals surface area contributed by atoms with E-state index in [0.29, 0.717) is 5.75 Å². The van der Waals surface area contributed by atoms with Crippen LogP contribution < -0.4 is 4.74 Å². The summed E-state index contributed by atoms with van der Waals surface area (Å²) < 4.78 is 5.64. The predicted octanol–water partition coefficient (Wildman–Crippen LogP) is 2.89. The molecular weight excluding hydrogens is 188 g/mol. The van der Waals surface area contributed by atoms with E-state index >= 15 is 0 Å². The van der Waals surface area contributed by atoms with Gasteiger partial charge in [-0.3, -0.25) is 0 Å². The first-order valence-electron chi connectivity index (χ1n) is 4.78. The van der Waals surface area contributed by atoms with Crippen LogP contribution in [0.3, 0.4) is 0 Å². The average molecular weight is 200 g/mol. The lowest BCUT2D eigenvalue weighted by atomic mass is 10.2. The SMILES string of the molecule is Cc1ncc(Oc2ccccc2C)cn1. The minimum Gasteiger partial charge on any atom is -0.454 e. The largest absolute Gasteiger partial charge is 0.454 e. The maximum Gasteiger partial charge on any atom is 0.164 e. The molecule has 0 aliphatic rings. The molecule has 3 nitrogen and oxygen atoms in total. The van der Waals surface area contributed by atoms with E-state index in [1.165, 1.54) is 0 Å². The van der Waals surface area contributed by atoms with Crippen LogP contribution in [-0.2, 0) is 0 Å². The smallest absolute Gasteiger partial charge is 0.164 e. The predicted molar refractivity (Wildman–Crippen MR) is 58.0 cm³/mol. The van der Waals surface area contributed by atoms with Crippen molar-refractivity contribution in [3.63, 3.8) is 0 Å². The molecule has 0 unspecified atom stereocenters. The molecule has 1 aromatic carbocycles. The van der Waals surface area contributed by atoms with Crippen molar-refractivity contribution in [2.75, 3.05) is 0 Å². The van der Waals surface area contributed by atoms with E-state index in [1.807, 2.05) is 38.1 Å². The zero-order valence-electron chi connectivity index (χ0n) is 8.77. The Labute approximate surface area is 88.8 Å². The van der Waals surface area contributed by atoms with Crippen molar-refractivity contribution in [1.29, 1.82) is 0 Å². The summed E-state index contributed by atoms with van der Waals surface area (Å²) in [6, 6.07) is 7.85. The minimum atomic E-state index is 0.662. The van der Waals surface area contributed by atoms with E-state index in [4.69, 9.17) is 4.74 Å². The molecular formula is C12H12N2O. The molecule has 1 aromatic heterocycles. The second-order valence-electron chi connectivity index (χ2n) is 3.33. The number of benzene rings is 1. The fourth-order valence-electron chi connectivity index (χ4n) is 1.23. The first-order chi connectivity index (χ1) is 7.25. The van der Waals surface area contributed by atoms with Crippen LogP contribution in [0.5, 0.6) is 11.5 Å². The van der Waals surface area contributed by atoms with Crippen LogP contribution in [0.2, 0.25) is 0 Å². The van der Waals surface area contributed by atoms with Crippen LogP contribution in [0.25, 0.3) is 0 Å². The summed E-state index contributed by atoms with van der Waals surface area (Å²) >= 11 is 0. The van der Waals surface area contributed by atoms with Gasteiger partial charge in [0.1, 0.15) is 11.6 Å². The summed E-state index contributed by atoms with van der Waals surface area (Å²) in [5, 5.41) is 0. The van der Waals surface area contributed by atoms with Crippen molar-refractivity contribution in [2.45, 2.75) is 13.8 Å². The van der Waals surface area contributed by atoms with Gasteiger partial charge in [0.15, 0.2) is 5.75 Å². The summed E-state index contributed by atoms with van der Waals surface area (Å²) in [6.45, 7) is 3.85. The fourth-order valence-corrected chi connectivity index (χ4v) is 1.23. The van der Waals surface area contributed by atoms with Gasteiger partial charge in [-0.1, -0.05) is 18.2 Å². The van der Waals surface area contributed by atoms with Crippen molar-refractivity contribution in [3.8, 4) is 11.5 Å². The molecule has 76 valence electrons.